The van der Waals surface area contributed by atoms with Crippen LogP contribution in [0, 0.1) is 11.6 Å². The van der Waals surface area contributed by atoms with Crippen LogP contribution in [0.2, 0.25) is 5.02 Å². The Bertz CT molecular complexity index is 1460. The number of hydrazone groups is 1. The summed E-state index contributed by atoms with van der Waals surface area (Å²) in [6.45, 7) is 0. The number of hydrogen-bond donors (Lipinski definition) is 3. The van der Waals surface area contributed by atoms with Gasteiger partial charge in [0.25, 0.3) is 5.91 Å². The molecule has 192 valence electrons. The van der Waals surface area contributed by atoms with Crippen LogP contribution in [0.15, 0.2) is 57.7 Å². The van der Waals surface area contributed by atoms with E-state index in [1.54, 1.807) is 0 Å². The largest absolute Gasteiger partial charge is 0.505 e. The van der Waals surface area contributed by atoms with E-state index in [0.29, 0.717) is 11.3 Å². The number of nitrogens with one attached hydrogen (secondary N) is 2. The van der Waals surface area contributed by atoms with Gasteiger partial charge in [0.05, 0.1) is 23.4 Å². The molecule has 1 aliphatic heterocycles. The molecule has 0 aliphatic carbocycles. The van der Waals surface area contributed by atoms with Gasteiger partial charge in [-0.1, -0.05) is 11.6 Å². The SMILES string of the molecule is Cn1cc(C(=O)NC(N=C2CC(c3ccc(O)c(F)c3)=NN2)=Nc2cc(F)cc(Cl)c2)c(C(F)(F)F)n1. The highest BCUT2D eigenvalue weighted by molar-refractivity contribution is 6.30. The molecule has 3 aromatic rings. The number of amides is 1. The molecular formula is C22H15ClF5N7O2. The Morgan fingerprint density at radius 2 is 1.97 bits per heavy atom. The number of phenols is 1. The van der Waals surface area contributed by atoms with E-state index in [0.717, 1.165) is 35.1 Å². The van der Waals surface area contributed by atoms with Crippen molar-refractivity contribution in [2.45, 2.75) is 12.6 Å². The lowest BCUT2D eigenvalue weighted by Crippen LogP contribution is -2.32. The molecule has 0 fully saturated rings. The fourth-order valence-electron chi connectivity index (χ4n) is 3.25. The number of rotatable bonds is 3. The van der Waals surface area contributed by atoms with E-state index >= 15 is 0 Å². The summed E-state index contributed by atoms with van der Waals surface area (Å²) in [7, 11) is 1.21. The highest BCUT2D eigenvalue weighted by Crippen LogP contribution is 2.30. The first kappa shape index (κ1) is 25.8. The van der Waals surface area contributed by atoms with Gasteiger partial charge in [-0.15, -0.1) is 0 Å². The maximum atomic E-state index is 13.8. The van der Waals surface area contributed by atoms with E-state index in [2.05, 4.69) is 30.9 Å². The lowest BCUT2D eigenvalue weighted by Gasteiger charge is -2.08. The predicted molar refractivity (Wildman–Crippen MR) is 124 cm³/mol. The van der Waals surface area contributed by atoms with Crippen molar-refractivity contribution in [2.75, 3.05) is 0 Å². The molecule has 0 saturated carbocycles. The minimum atomic E-state index is -4.91. The standard InChI is InChI=1S/C22H15ClF5N7O2/c1-35-9-14(19(34-35)22(26,27)28)20(37)31-21(29-13-6-11(23)5-12(24)7-13)30-18-8-16(32-33-18)10-2-3-17(36)15(25)4-10/h2-7,9,36H,8H2,1H3,(H2,29,30,31,33,37). The van der Waals surface area contributed by atoms with Crippen LogP contribution < -0.4 is 10.7 Å². The molecule has 0 saturated heterocycles. The maximum absolute atomic E-state index is 13.8. The second kappa shape index (κ2) is 9.97. The van der Waals surface area contributed by atoms with Gasteiger partial charge in [-0.05, 0) is 36.4 Å². The first-order chi connectivity index (χ1) is 17.4. The van der Waals surface area contributed by atoms with Gasteiger partial charge in [0, 0.05) is 23.8 Å². The zero-order valence-electron chi connectivity index (χ0n) is 18.6. The predicted octanol–water partition coefficient (Wildman–Crippen LogP) is 4.29. The van der Waals surface area contributed by atoms with Crippen LogP contribution in [0.25, 0.3) is 0 Å². The quantitative estimate of drug-likeness (QED) is 0.261. The fraction of sp³-hybridized carbons (Fsp3) is 0.136. The number of halogens is 6. The molecule has 9 nitrogen and oxygen atoms in total. The first-order valence-electron chi connectivity index (χ1n) is 10.2. The Kier molecular flexibility index (Phi) is 6.94. The Hall–Kier alpha value is -4.33. The van der Waals surface area contributed by atoms with Crippen LogP contribution in [-0.4, -0.2) is 38.3 Å². The van der Waals surface area contributed by atoms with E-state index in [9.17, 15) is 31.9 Å². The summed E-state index contributed by atoms with van der Waals surface area (Å²) in [6, 6.07) is 6.80. The lowest BCUT2D eigenvalue weighted by molar-refractivity contribution is -0.141. The average molecular weight is 540 g/mol. The molecule has 3 N–H and O–H groups in total. The van der Waals surface area contributed by atoms with Crippen LogP contribution in [-0.2, 0) is 13.2 Å². The minimum Gasteiger partial charge on any atom is -0.505 e. The number of nitrogens with zero attached hydrogens (tertiary/aromatic N) is 5. The van der Waals surface area contributed by atoms with Crippen LogP contribution in [0.5, 0.6) is 5.75 Å². The number of aromatic hydroxyl groups is 1. The summed E-state index contributed by atoms with van der Waals surface area (Å²) in [5.74, 6) is -3.85. The van der Waals surface area contributed by atoms with Gasteiger partial charge < -0.3 is 5.11 Å². The van der Waals surface area contributed by atoms with Crippen molar-refractivity contribution in [1.29, 1.82) is 0 Å². The number of benzene rings is 2. The second-order valence-electron chi connectivity index (χ2n) is 7.65. The highest BCUT2D eigenvalue weighted by atomic mass is 35.5. The molecular weight excluding hydrogens is 525 g/mol. The van der Waals surface area contributed by atoms with Crippen molar-refractivity contribution < 1.29 is 31.9 Å². The maximum Gasteiger partial charge on any atom is 0.435 e. The van der Waals surface area contributed by atoms with E-state index in [4.69, 9.17) is 11.6 Å². The molecule has 0 spiro atoms. The van der Waals surface area contributed by atoms with Gasteiger partial charge in [0.1, 0.15) is 11.7 Å². The molecule has 0 radical (unpaired) electrons. The third kappa shape index (κ3) is 6.09. The molecule has 0 bridgehead atoms. The lowest BCUT2D eigenvalue weighted by atomic mass is 10.1. The monoisotopic (exact) mass is 539 g/mol. The van der Waals surface area contributed by atoms with Crippen LogP contribution in [0.3, 0.4) is 0 Å². The van der Waals surface area contributed by atoms with Crippen molar-refractivity contribution in [3.63, 3.8) is 0 Å². The van der Waals surface area contributed by atoms with E-state index < -0.39 is 46.7 Å². The van der Waals surface area contributed by atoms with Crippen LogP contribution in [0.1, 0.15) is 28.0 Å². The number of aromatic nitrogens is 2. The smallest absolute Gasteiger partial charge is 0.435 e. The summed E-state index contributed by atoms with van der Waals surface area (Å²) in [4.78, 5) is 20.9. The average Bonchev–Trinajstić information content (AvgIpc) is 3.41. The zero-order valence-corrected chi connectivity index (χ0v) is 19.4. The Balaban J connectivity index is 1.66. The summed E-state index contributed by atoms with van der Waals surface area (Å²) in [5.41, 5.74) is 0.871. The number of carbonyl (C=O) groups excluding carboxylic acids is 1. The molecule has 2 heterocycles. The number of aliphatic imine (C=N–C) groups is 2. The van der Waals surface area contributed by atoms with Crippen LogP contribution >= 0.6 is 11.6 Å². The summed E-state index contributed by atoms with van der Waals surface area (Å²) >= 11 is 5.84. The van der Waals surface area contributed by atoms with Crippen molar-refractivity contribution in [2.24, 2.45) is 22.1 Å². The van der Waals surface area contributed by atoms with Crippen molar-refractivity contribution in [3.8, 4) is 5.75 Å². The van der Waals surface area contributed by atoms with Crippen molar-refractivity contribution in [3.05, 3.63) is 76.1 Å². The van der Waals surface area contributed by atoms with Crippen LogP contribution in [0.4, 0.5) is 27.6 Å². The first-order valence-corrected chi connectivity index (χ1v) is 10.6. The Labute approximate surface area is 210 Å². The highest BCUT2D eigenvalue weighted by Gasteiger charge is 2.39. The van der Waals surface area contributed by atoms with E-state index in [1.807, 2.05) is 0 Å². The molecule has 4 rings (SSSR count). The number of aryl methyl sites for hydroxylation is 1. The summed E-state index contributed by atoms with van der Waals surface area (Å²) in [6.07, 6.45) is -4.07. The minimum absolute atomic E-state index is 0.0241. The molecule has 2 aromatic carbocycles. The van der Waals surface area contributed by atoms with Gasteiger partial charge in [-0.25, -0.2) is 13.8 Å². The van der Waals surface area contributed by atoms with Gasteiger partial charge in [0.15, 0.2) is 17.3 Å². The molecule has 1 aromatic heterocycles. The fourth-order valence-corrected chi connectivity index (χ4v) is 3.47. The number of phenolic OH excluding ortho intramolecular Hbond substituents is 1. The summed E-state index contributed by atoms with van der Waals surface area (Å²) < 4.78 is 68.4. The number of amidine groups is 1. The molecule has 1 amide bonds. The topological polar surface area (TPSA) is 116 Å². The normalized spacial score (nSPS) is 15.1. The molecule has 0 unspecified atom stereocenters. The van der Waals surface area contributed by atoms with Crippen molar-refractivity contribution >= 4 is 40.7 Å². The number of alkyl halides is 3. The molecule has 37 heavy (non-hydrogen) atoms. The Morgan fingerprint density at radius 3 is 2.65 bits per heavy atom. The second-order valence-corrected chi connectivity index (χ2v) is 8.09. The summed E-state index contributed by atoms with van der Waals surface area (Å²) in [5, 5.41) is 18.8. The van der Waals surface area contributed by atoms with E-state index in [-0.39, 0.29) is 23.0 Å². The zero-order chi connectivity index (χ0) is 26.9. The number of carbonyl (C=O) groups is 1. The van der Waals surface area contributed by atoms with Gasteiger partial charge in [-0.3, -0.25) is 20.2 Å². The molecule has 0 atom stereocenters. The third-order valence-electron chi connectivity index (χ3n) is 4.83. The van der Waals surface area contributed by atoms with Crippen molar-refractivity contribution in [1.82, 2.24) is 20.5 Å². The van der Waals surface area contributed by atoms with Gasteiger partial charge in [0.2, 0.25) is 5.96 Å². The number of hydrogen-bond acceptors (Lipinski definition) is 5. The van der Waals surface area contributed by atoms with Gasteiger partial charge >= 0.3 is 6.18 Å². The Morgan fingerprint density at radius 1 is 1.22 bits per heavy atom. The van der Waals surface area contributed by atoms with Gasteiger partial charge in [-0.2, -0.15) is 28.4 Å². The molecule has 1 aliphatic rings. The van der Waals surface area contributed by atoms with E-state index in [1.165, 1.54) is 19.2 Å². The third-order valence-corrected chi connectivity index (χ3v) is 5.04. The number of guanidine groups is 1. The molecule has 15 heteroatoms.